The van der Waals surface area contributed by atoms with Crippen molar-refractivity contribution in [3.63, 3.8) is 0 Å². The molecule has 1 aromatic heterocycles. The van der Waals surface area contributed by atoms with Crippen LogP contribution in [0.5, 0.6) is 0 Å². The Morgan fingerprint density at radius 2 is 2.14 bits per heavy atom. The minimum Gasteiger partial charge on any atom is -0.355 e. The van der Waals surface area contributed by atoms with Gasteiger partial charge in [-0.25, -0.2) is 0 Å². The Labute approximate surface area is 189 Å². The fraction of sp³-hybridized carbons (Fsp3) is 0.476. The van der Waals surface area contributed by atoms with Crippen molar-refractivity contribution < 1.29 is 4.79 Å². The summed E-state index contributed by atoms with van der Waals surface area (Å²) in [6.07, 6.45) is 6.80. The third-order valence-corrected chi connectivity index (χ3v) is 5.69. The van der Waals surface area contributed by atoms with E-state index in [-0.39, 0.29) is 35.3 Å². The van der Waals surface area contributed by atoms with Gasteiger partial charge < -0.3 is 15.5 Å². The van der Waals surface area contributed by atoms with Crippen molar-refractivity contribution in [2.75, 3.05) is 26.7 Å². The second-order valence-electron chi connectivity index (χ2n) is 7.91. The monoisotopic (exact) mass is 508 g/mol. The van der Waals surface area contributed by atoms with Crippen molar-refractivity contribution in [2.45, 2.75) is 32.4 Å². The average Bonchev–Trinajstić information content (AvgIpc) is 3.30. The van der Waals surface area contributed by atoms with Crippen LogP contribution in [0.15, 0.2) is 47.7 Å². The molecule has 2 aliphatic rings. The fourth-order valence-corrected chi connectivity index (χ4v) is 4.30. The number of carbonyl (C=O) groups excluding carboxylic acids is 1. The number of likely N-dealkylation sites (tertiary alicyclic amines) is 1. The summed E-state index contributed by atoms with van der Waals surface area (Å²) in [5.74, 6) is 1.07. The van der Waals surface area contributed by atoms with E-state index in [4.69, 9.17) is 0 Å². The van der Waals surface area contributed by atoms with Gasteiger partial charge in [0.1, 0.15) is 0 Å². The number of hydrogen-bond acceptors (Lipinski definition) is 3. The summed E-state index contributed by atoms with van der Waals surface area (Å²) in [4.78, 5) is 18.5. The van der Waals surface area contributed by atoms with Gasteiger partial charge in [-0.1, -0.05) is 30.3 Å². The van der Waals surface area contributed by atoms with Crippen molar-refractivity contribution in [1.82, 2.24) is 25.3 Å². The number of guanidine groups is 1. The highest BCUT2D eigenvalue weighted by Crippen LogP contribution is 2.35. The van der Waals surface area contributed by atoms with Crippen LogP contribution in [0, 0.1) is 5.41 Å². The third-order valence-electron chi connectivity index (χ3n) is 5.69. The number of rotatable bonds is 4. The van der Waals surface area contributed by atoms with Crippen molar-refractivity contribution in [3.05, 3.63) is 53.9 Å². The molecule has 3 heterocycles. The number of aromatic nitrogens is 2. The maximum atomic E-state index is 11.7. The smallest absolute Gasteiger partial charge is 0.220 e. The lowest BCUT2D eigenvalue weighted by Gasteiger charge is -2.40. The van der Waals surface area contributed by atoms with Gasteiger partial charge in [-0.3, -0.25) is 14.5 Å². The molecule has 0 saturated carbocycles. The Bertz CT molecular complexity index is 852. The van der Waals surface area contributed by atoms with Gasteiger partial charge in [0.05, 0.1) is 12.7 Å². The quantitative estimate of drug-likeness (QED) is 0.378. The Hall–Kier alpha value is -2.10. The number of piperidine rings is 1. The maximum absolute atomic E-state index is 11.7. The molecule has 0 aliphatic carbocycles. The Morgan fingerprint density at radius 1 is 1.31 bits per heavy atom. The summed E-state index contributed by atoms with van der Waals surface area (Å²) in [5.41, 5.74) is 2.42. The number of halogens is 1. The molecule has 1 aromatic carbocycles. The molecule has 0 radical (unpaired) electrons. The Balaban J connectivity index is 0.00000240. The molecule has 1 atom stereocenters. The zero-order valence-electron chi connectivity index (χ0n) is 16.8. The van der Waals surface area contributed by atoms with E-state index in [0.29, 0.717) is 13.0 Å². The van der Waals surface area contributed by atoms with Gasteiger partial charge in [-0.2, -0.15) is 5.10 Å². The second kappa shape index (κ2) is 9.60. The zero-order chi connectivity index (χ0) is 19.4. The molecule has 7 nitrogen and oxygen atoms in total. The average molecular weight is 508 g/mol. The first-order valence-corrected chi connectivity index (χ1v) is 9.93. The highest BCUT2D eigenvalue weighted by Gasteiger charge is 2.42. The lowest BCUT2D eigenvalue weighted by molar-refractivity contribution is -0.119. The van der Waals surface area contributed by atoms with E-state index >= 15 is 0 Å². The molecule has 2 N–H and O–H groups in total. The van der Waals surface area contributed by atoms with E-state index < -0.39 is 0 Å². The number of hydrogen-bond donors (Lipinski definition) is 2. The standard InChI is InChI=1S/C21H28N6O.HI/c1-22-20(26-9-5-8-21(16-26)10-19(28)24-15-21)23-11-18-12-25-27(14-18)13-17-6-3-2-4-7-17;/h2-4,6-7,12,14H,5,8-11,13,15-16H2,1H3,(H,22,23)(H,24,28);1H. The Kier molecular flexibility index (Phi) is 7.15. The number of benzene rings is 1. The normalized spacial score (nSPS) is 21.8. The molecule has 29 heavy (non-hydrogen) atoms. The van der Waals surface area contributed by atoms with Gasteiger partial charge >= 0.3 is 0 Å². The van der Waals surface area contributed by atoms with Crippen molar-refractivity contribution >= 4 is 35.8 Å². The zero-order valence-corrected chi connectivity index (χ0v) is 19.1. The molecule has 2 fully saturated rings. The highest BCUT2D eigenvalue weighted by molar-refractivity contribution is 14.0. The largest absolute Gasteiger partial charge is 0.355 e. The van der Waals surface area contributed by atoms with Crippen molar-refractivity contribution in [3.8, 4) is 0 Å². The summed E-state index contributed by atoms with van der Waals surface area (Å²) in [5, 5.41) is 10.9. The minimum atomic E-state index is 0. The molecule has 2 saturated heterocycles. The van der Waals surface area contributed by atoms with Crippen LogP contribution in [0.3, 0.4) is 0 Å². The molecule has 0 bridgehead atoms. The van der Waals surface area contributed by atoms with Crippen LogP contribution in [0.4, 0.5) is 0 Å². The van der Waals surface area contributed by atoms with Crippen LogP contribution in [0.25, 0.3) is 0 Å². The third kappa shape index (κ3) is 5.29. The van der Waals surface area contributed by atoms with Crippen LogP contribution in [0.2, 0.25) is 0 Å². The van der Waals surface area contributed by atoms with E-state index in [0.717, 1.165) is 50.5 Å². The molecule has 4 rings (SSSR count). The SMILES string of the molecule is CN=C(NCc1cnn(Cc2ccccc2)c1)N1CCCC2(CNC(=O)C2)C1.I. The molecule has 1 amide bonds. The van der Waals surface area contributed by atoms with Gasteiger partial charge in [0, 0.05) is 56.8 Å². The first-order chi connectivity index (χ1) is 13.7. The van der Waals surface area contributed by atoms with E-state index in [1.54, 1.807) is 0 Å². The predicted octanol–water partition coefficient (Wildman–Crippen LogP) is 2.23. The topological polar surface area (TPSA) is 74.6 Å². The van der Waals surface area contributed by atoms with E-state index in [1.807, 2.05) is 36.1 Å². The number of amides is 1. The molecule has 1 unspecified atom stereocenters. The van der Waals surface area contributed by atoms with Gasteiger partial charge in [0.25, 0.3) is 0 Å². The highest BCUT2D eigenvalue weighted by atomic mass is 127. The molecule has 2 aromatic rings. The number of nitrogens with zero attached hydrogens (tertiary/aromatic N) is 4. The van der Waals surface area contributed by atoms with Gasteiger partial charge in [-0.05, 0) is 18.4 Å². The molecular weight excluding hydrogens is 479 g/mol. The molecule has 8 heteroatoms. The first-order valence-electron chi connectivity index (χ1n) is 9.93. The van der Waals surface area contributed by atoms with Gasteiger partial charge in [-0.15, -0.1) is 24.0 Å². The number of nitrogens with one attached hydrogen (secondary N) is 2. The summed E-state index contributed by atoms with van der Waals surface area (Å²) in [7, 11) is 1.82. The molecule has 2 aliphatic heterocycles. The summed E-state index contributed by atoms with van der Waals surface area (Å²) in [6.45, 7) is 4.08. The molecular formula is C21H29IN6O. The van der Waals surface area contributed by atoms with E-state index in [2.05, 4.69) is 44.0 Å². The fourth-order valence-electron chi connectivity index (χ4n) is 4.30. The van der Waals surface area contributed by atoms with Gasteiger partial charge in [0.15, 0.2) is 5.96 Å². The summed E-state index contributed by atoms with van der Waals surface area (Å²) < 4.78 is 1.96. The molecule has 156 valence electrons. The predicted molar refractivity (Wildman–Crippen MR) is 124 cm³/mol. The lowest BCUT2D eigenvalue weighted by Crippen LogP contribution is -2.51. The van der Waals surface area contributed by atoms with Crippen LogP contribution in [-0.2, 0) is 17.9 Å². The number of aliphatic imine (C=N–C) groups is 1. The van der Waals surface area contributed by atoms with Crippen LogP contribution >= 0.6 is 24.0 Å². The molecule has 1 spiro atoms. The van der Waals surface area contributed by atoms with E-state index in [1.165, 1.54) is 5.56 Å². The van der Waals surface area contributed by atoms with Crippen LogP contribution < -0.4 is 10.6 Å². The van der Waals surface area contributed by atoms with E-state index in [9.17, 15) is 4.79 Å². The van der Waals surface area contributed by atoms with Crippen LogP contribution in [0.1, 0.15) is 30.4 Å². The Morgan fingerprint density at radius 3 is 2.86 bits per heavy atom. The van der Waals surface area contributed by atoms with Gasteiger partial charge in [0.2, 0.25) is 5.91 Å². The summed E-state index contributed by atoms with van der Waals surface area (Å²) in [6, 6.07) is 10.3. The first kappa shape index (κ1) is 21.6. The second-order valence-corrected chi connectivity index (χ2v) is 7.91. The minimum absolute atomic E-state index is 0. The van der Waals surface area contributed by atoms with Crippen molar-refractivity contribution in [1.29, 1.82) is 0 Å². The number of carbonyl (C=O) groups is 1. The lowest BCUT2D eigenvalue weighted by atomic mass is 9.79. The maximum Gasteiger partial charge on any atom is 0.220 e. The van der Waals surface area contributed by atoms with Crippen LogP contribution in [-0.4, -0.2) is 53.2 Å². The summed E-state index contributed by atoms with van der Waals surface area (Å²) >= 11 is 0. The van der Waals surface area contributed by atoms with Crippen molar-refractivity contribution in [2.24, 2.45) is 10.4 Å².